The van der Waals surface area contributed by atoms with E-state index in [4.69, 9.17) is 16.3 Å². The Morgan fingerprint density at radius 3 is 2.64 bits per heavy atom. The highest BCUT2D eigenvalue weighted by Gasteiger charge is 2.27. The van der Waals surface area contributed by atoms with Crippen LogP contribution in [0.25, 0.3) is 0 Å². The Balaban J connectivity index is 1.78. The molecule has 2 aromatic carbocycles. The number of halogens is 1. The van der Waals surface area contributed by atoms with Crippen LogP contribution in [0, 0.1) is 17.0 Å². The Morgan fingerprint density at radius 1 is 1.28 bits per heavy atom. The van der Waals surface area contributed by atoms with Crippen LogP contribution >= 0.6 is 11.6 Å². The number of hydrogen-bond donors (Lipinski definition) is 0. The van der Waals surface area contributed by atoms with Gasteiger partial charge in [-0.3, -0.25) is 14.9 Å². The van der Waals surface area contributed by atoms with Crippen LogP contribution < -0.4 is 0 Å². The van der Waals surface area contributed by atoms with Crippen LogP contribution in [0.1, 0.15) is 27.6 Å². The van der Waals surface area contributed by atoms with Crippen LogP contribution in [0.15, 0.2) is 42.5 Å². The van der Waals surface area contributed by atoms with Crippen molar-refractivity contribution in [1.82, 2.24) is 4.90 Å². The van der Waals surface area contributed by atoms with Crippen LogP contribution in [0.3, 0.4) is 0 Å². The van der Waals surface area contributed by atoms with Gasteiger partial charge in [-0.05, 0) is 18.6 Å². The fraction of sp³-hybridized carbons (Fsp3) is 0.278. The number of nitro groups is 1. The number of ether oxygens (including phenoxy) is 1. The van der Waals surface area contributed by atoms with Crippen LogP contribution in [0.5, 0.6) is 0 Å². The highest BCUT2D eigenvalue weighted by Crippen LogP contribution is 2.27. The third-order valence-corrected chi connectivity index (χ3v) is 4.51. The number of benzene rings is 2. The van der Waals surface area contributed by atoms with E-state index >= 15 is 0 Å². The predicted octanol–water partition coefficient (Wildman–Crippen LogP) is 3.77. The molecule has 2 aromatic rings. The SMILES string of the molecule is Cc1ccc(C2CN(C(=O)c3ccc([N+](=O)[O-])cc3Cl)CCO2)cc1. The maximum absolute atomic E-state index is 12.7. The topological polar surface area (TPSA) is 72.7 Å². The van der Waals surface area contributed by atoms with Gasteiger partial charge in [0.2, 0.25) is 0 Å². The molecule has 1 atom stereocenters. The molecule has 130 valence electrons. The molecule has 1 aliphatic heterocycles. The molecular formula is C18H17ClN2O4. The number of aryl methyl sites for hydroxylation is 1. The number of rotatable bonds is 3. The summed E-state index contributed by atoms with van der Waals surface area (Å²) in [5.41, 5.74) is 2.29. The van der Waals surface area contributed by atoms with Gasteiger partial charge in [0, 0.05) is 18.7 Å². The first-order valence-corrected chi connectivity index (χ1v) is 8.25. The first-order chi connectivity index (χ1) is 12.0. The zero-order valence-corrected chi connectivity index (χ0v) is 14.4. The van der Waals surface area contributed by atoms with E-state index in [0.29, 0.717) is 19.7 Å². The first kappa shape index (κ1) is 17.4. The van der Waals surface area contributed by atoms with Crippen molar-refractivity contribution < 1.29 is 14.5 Å². The molecule has 6 nitrogen and oxygen atoms in total. The molecular weight excluding hydrogens is 344 g/mol. The quantitative estimate of drug-likeness (QED) is 0.617. The molecule has 1 unspecified atom stereocenters. The molecule has 1 heterocycles. The first-order valence-electron chi connectivity index (χ1n) is 7.87. The van der Waals surface area contributed by atoms with E-state index in [1.54, 1.807) is 4.90 Å². The lowest BCUT2D eigenvalue weighted by Gasteiger charge is -2.33. The highest BCUT2D eigenvalue weighted by molar-refractivity contribution is 6.34. The van der Waals surface area contributed by atoms with Crippen LogP contribution in [0.2, 0.25) is 5.02 Å². The Labute approximate surface area is 150 Å². The predicted molar refractivity (Wildman–Crippen MR) is 93.9 cm³/mol. The molecule has 0 bridgehead atoms. The van der Waals surface area contributed by atoms with Gasteiger partial charge in [-0.1, -0.05) is 41.4 Å². The monoisotopic (exact) mass is 360 g/mol. The molecule has 1 amide bonds. The van der Waals surface area contributed by atoms with Crippen molar-refractivity contribution in [2.45, 2.75) is 13.0 Å². The normalized spacial score (nSPS) is 17.4. The largest absolute Gasteiger partial charge is 0.370 e. The van der Waals surface area contributed by atoms with E-state index in [2.05, 4.69) is 0 Å². The molecule has 0 aromatic heterocycles. The molecule has 7 heteroatoms. The summed E-state index contributed by atoms with van der Waals surface area (Å²) < 4.78 is 5.78. The average Bonchev–Trinajstić information content (AvgIpc) is 2.61. The summed E-state index contributed by atoms with van der Waals surface area (Å²) >= 11 is 6.08. The van der Waals surface area contributed by atoms with E-state index in [0.717, 1.165) is 11.1 Å². The fourth-order valence-electron chi connectivity index (χ4n) is 2.78. The van der Waals surface area contributed by atoms with Gasteiger partial charge < -0.3 is 9.64 Å². The zero-order chi connectivity index (χ0) is 18.0. The summed E-state index contributed by atoms with van der Waals surface area (Å²) in [5.74, 6) is -0.250. The third-order valence-electron chi connectivity index (χ3n) is 4.20. The van der Waals surface area contributed by atoms with E-state index in [1.807, 2.05) is 31.2 Å². The number of carbonyl (C=O) groups excluding carboxylic acids is 1. The second-order valence-electron chi connectivity index (χ2n) is 5.94. The van der Waals surface area contributed by atoms with E-state index in [1.165, 1.54) is 18.2 Å². The Kier molecular flexibility index (Phi) is 5.01. The maximum atomic E-state index is 12.7. The second-order valence-corrected chi connectivity index (χ2v) is 6.35. The maximum Gasteiger partial charge on any atom is 0.270 e. The number of non-ortho nitro benzene ring substituents is 1. The van der Waals surface area contributed by atoms with Gasteiger partial charge in [0.15, 0.2) is 0 Å². The minimum absolute atomic E-state index is 0.0811. The second kappa shape index (κ2) is 7.21. The van der Waals surface area contributed by atoms with Gasteiger partial charge in [-0.15, -0.1) is 0 Å². The van der Waals surface area contributed by atoms with Gasteiger partial charge in [0.05, 0.1) is 28.7 Å². The average molecular weight is 361 g/mol. The molecule has 0 radical (unpaired) electrons. The standard InChI is InChI=1S/C18H17ClN2O4/c1-12-2-4-13(5-3-12)17-11-20(8-9-25-17)18(22)15-7-6-14(21(23)24)10-16(15)19/h2-7,10,17H,8-9,11H2,1H3. The van der Waals surface area contributed by atoms with Crippen LogP contribution in [-0.2, 0) is 4.74 Å². The lowest BCUT2D eigenvalue weighted by molar-refractivity contribution is -0.384. The number of morpholine rings is 1. The number of nitrogens with zero attached hydrogens (tertiary/aromatic N) is 2. The lowest BCUT2D eigenvalue weighted by Crippen LogP contribution is -2.42. The summed E-state index contributed by atoms with van der Waals surface area (Å²) in [4.78, 5) is 24.7. The molecule has 0 N–H and O–H groups in total. The molecule has 3 rings (SSSR count). The summed E-state index contributed by atoms with van der Waals surface area (Å²) in [6, 6.07) is 11.9. The molecule has 25 heavy (non-hydrogen) atoms. The molecule has 0 saturated carbocycles. The minimum Gasteiger partial charge on any atom is -0.370 e. The molecule has 0 spiro atoms. The van der Waals surface area contributed by atoms with Gasteiger partial charge in [0.25, 0.3) is 11.6 Å². The minimum atomic E-state index is -0.539. The van der Waals surface area contributed by atoms with Crippen molar-refractivity contribution in [3.63, 3.8) is 0 Å². The van der Waals surface area contributed by atoms with Crippen LogP contribution in [-0.4, -0.2) is 35.4 Å². The van der Waals surface area contributed by atoms with Gasteiger partial charge >= 0.3 is 0 Å². The fourth-order valence-corrected chi connectivity index (χ4v) is 3.03. The molecule has 1 saturated heterocycles. The summed E-state index contributed by atoms with van der Waals surface area (Å²) in [6.07, 6.45) is -0.199. The molecule has 1 aliphatic rings. The van der Waals surface area contributed by atoms with Crippen molar-refractivity contribution in [2.24, 2.45) is 0 Å². The van der Waals surface area contributed by atoms with Crippen molar-refractivity contribution >= 4 is 23.2 Å². The van der Waals surface area contributed by atoms with Crippen molar-refractivity contribution in [3.8, 4) is 0 Å². The number of amides is 1. The number of hydrogen-bond acceptors (Lipinski definition) is 4. The Morgan fingerprint density at radius 2 is 2.00 bits per heavy atom. The molecule has 0 aliphatic carbocycles. The number of nitro benzene ring substituents is 1. The van der Waals surface area contributed by atoms with Crippen LogP contribution in [0.4, 0.5) is 5.69 Å². The summed E-state index contributed by atoms with van der Waals surface area (Å²) in [5, 5.41) is 10.9. The van der Waals surface area contributed by atoms with E-state index in [-0.39, 0.29) is 28.3 Å². The Hall–Kier alpha value is -2.44. The van der Waals surface area contributed by atoms with Gasteiger partial charge in [0.1, 0.15) is 6.10 Å². The van der Waals surface area contributed by atoms with Crippen molar-refractivity contribution in [2.75, 3.05) is 19.7 Å². The van der Waals surface area contributed by atoms with Gasteiger partial charge in [-0.25, -0.2) is 0 Å². The smallest absolute Gasteiger partial charge is 0.270 e. The van der Waals surface area contributed by atoms with Crippen molar-refractivity contribution in [1.29, 1.82) is 0 Å². The van der Waals surface area contributed by atoms with E-state index < -0.39 is 4.92 Å². The Bertz CT molecular complexity index is 807. The third kappa shape index (κ3) is 3.81. The van der Waals surface area contributed by atoms with Crippen molar-refractivity contribution in [3.05, 3.63) is 74.3 Å². The lowest BCUT2D eigenvalue weighted by atomic mass is 10.1. The summed E-state index contributed by atoms with van der Waals surface area (Å²) in [6.45, 7) is 3.30. The van der Waals surface area contributed by atoms with E-state index in [9.17, 15) is 14.9 Å². The number of carbonyl (C=O) groups is 1. The summed E-state index contributed by atoms with van der Waals surface area (Å²) in [7, 11) is 0. The zero-order valence-electron chi connectivity index (χ0n) is 13.6. The molecule has 1 fully saturated rings. The van der Waals surface area contributed by atoms with Gasteiger partial charge in [-0.2, -0.15) is 0 Å². The highest BCUT2D eigenvalue weighted by atomic mass is 35.5.